The normalized spacial score (nSPS) is 16.9. The number of aromatic amines is 1. The maximum absolute atomic E-state index is 12.3. The summed E-state index contributed by atoms with van der Waals surface area (Å²) in [6, 6.07) is 0. The third kappa shape index (κ3) is 1.40. The van der Waals surface area contributed by atoms with Gasteiger partial charge in [-0.1, -0.05) is 0 Å². The first kappa shape index (κ1) is 9.23. The Labute approximate surface area is 77.3 Å². The molecule has 6 heteroatoms. The van der Waals surface area contributed by atoms with Crippen molar-refractivity contribution in [2.24, 2.45) is 0 Å². The van der Waals surface area contributed by atoms with E-state index in [4.69, 9.17) is 0 Å². The number of hydrogen-bond donors (Lipinski definition) is 1. The Balaban J connectivity index is 2.43. The summed E-state index contributed by atoms with van der Waals surface area (Å²) >= 11 is 0. The van der Waals surface area contributed by atoms with Crippen molar-refractivity contribution in [3.63, 3.8) is 0 Å². The number of ketones is 1. The van der Waals surface area contributed by atoms with E-state index in [1.54, 1.807) is 0 Å². The maximum Gasteiger partial charge on any atom is 0.435 e. The fraction of sp³-hybridized carbons (Fsp3) is 0.500. The van der Waals surface area contributed by atoms with Crippen LogP contribution in [0.1, 0.15) is 23.4 Å². The summed E-state index contributed by atoms with van der Waals surface area (Å²) < 4.78 is 37.0. The Kier molecular flexibility index (Phi) is 1.87. The first-order valence-corrected chi connectivity index (χ1v) is 4.13. The molecule has 0 bridgehead atoms. The van der Waals surface area contributed by atoms with Crippen LogP contribution < -0.4 is 0 Å². The number of alkyl halides is 3. The van der Waals surface area contributed by atoms with Crippen LogP contribution in [0.25, 0.3) is 0 Å². The highest BCUT2D eigenvalue weighted by molar-refractivity contribution is 5.82. The first-order valence-electron chi connectivity index (χ1n) is 4.13. The summed E-state index contributed by atoms with van der Waals surface area (Å²) in [6.45, 7) is 0. The summed E-state index contributed by atoms with van der Waals surface area (Å²) in [5.41, 5.74) is -0.411. The molecular formula is C8H7F3N2O. The lowest BCUT2D eigenvalue weighted by Crippen LogP contribution is -2.16. The predicted molar refractivity (Wildman–Crippen MR) is 40.6 cm³/mol. The van der Waals surface area contributed by atoms with Gasteiger partial charge in [-0.3, -0.25) is 9.89 Å². The lowest BCUT2D eigenvalue weighted by atomic mass is 9.95. The Bertz CT molecular complexity index is 380. The van der Waals surface area contributed by atoms with Gasteiger partial charge in [0, 0.05) is 24.1 Å². The van der Waals surface area contributed by atoms with Gasteiger partial charge in [0.15, 0.2) is 5.69 Å². The lowest BCUT2D eigenvalue weighted by Gasteiger charge is -2.11. The second-order valence-electron chi connectivity index (χ2n) is 3.24. The van der Waals surface area contributed by atoms with Crippen molar-refractivity contribution in [3.8, 4) is 0 Å². The zero-order chi connectivity index (χ0) is 10.3. The number of aromatic nitrogens is 2. The number of nitrogens with zero attached hydrogens (tertiary/aromatic N) is 1. The molecule has 1 aromatic rings. The number of rotatable bonds is 0. The van der Waals surface area contributed by atoms with E-state index < -0.39 is 11.9 Å². The molecule has 14 heavy (non-hydrogen) atoms. The topological polar surface area (TPSA) is 45.8 Å². The number of nitrogens with one attached hydrogen (secondary N) is 1. The molecule has 3 nitrogen and oxygen atoms in total. The van der Waals surface area contributed by atoms with Crippen molar-refractivity contribution in [2.45, 2.75) is 25.4 Å². The van der Waals surface area contributed by atoms with Gasteiger partial charge in [-0.15, -0.1) is 0 Å². The number of H-pyrrole nitrogens is 1. The third-order valence-corrected chi connectivity index (χ3v) is 2.25. The van der Waals surface area contributed by atoms with Gasteiger partial charge in [0.2, 0.25) is 0 Å². The number of halogens is 3. The van der Waals surface area contributed by atoms with E-state index in [0.29, 0.717) is 5.69 Å². The molecule has 0 spiro atoms. The van der Waals surface area contributed by atoms with Crippen LogP contribution in [0.2, 0.25) is 0 Å². The summed E-state index contributed by atoms with van der Waals surface area (Å²) in [5.74, 6) is -0.0464. The molecule has 0 fully saturated rings. The summed E-state index contributed by atoms with van der Waals surface area (Å²) in [7, 11) is 0. The Morgan fingerprint density at radius 1 is 1.29 bits per heavy atom. The molecule has 1 heterocycles. The van der Waals surface area contributed by atoms with E-state index in [2.05, 4.69) is 10.2 Å². The van der Waals surface area contributed by atoms with E-state index in [0.717, 1.165) is 0 Å². The molecule has 0 unspecified atom stereocenters. The quantitative estimate of drug-likeness (QED) is 0.695. The minimum absolute atomic E-state index is 0.0401. The van der Waals surface area contributed by atoms with Gasteiger partial charge in [0.05, 0.1) is 0 Å². The molecule has 76 valence electrons. The third-order valence-electron chi connectivity index (χ3n) is 2.25. The second-order valence-corrected chi connectivity index (χ2v) is 3.24. The highest BCUT2D eigenvalue weighted by Gasteiger charge is 2.38. The van der Waals surface area contributed by atoms with Gasteiger partial charge in [-0.25, -0.2) is 0 Å². The Morgan fingerprint density at radius 2 is 2.00 bits per heavy atom. The van der Waals surface area contributed by atoms with Crippen molar-refractivity contribution in [1.82, 2.24) is 10.2 Å². The van der Waals surface area contributed by atoms with Gasteiger partial charge >= 0.3 is 6.18 Å². The van der Waals surface area contributed by atoms with E-state index >= 15 is 0 Å². The molecule has 0 saturated heterocycles. The maximum atomic E-state index is 12.3. The lowest BCUT2D eigenvalue weighted by molar-refractivity contribution is -0.142. The summed E-state index contributed by atoms with van der Waals surface area (Å²) in [6.07, 6.45) is -4.07. The Hall–Kier alpha value is -1.33. The molecule has 0 atom stereocenters. The average Bonchev–Trinajstić information content (AvgIpc) is 2.45. The van der Waals surface area contributed by atoms with Gasteiger partial charge in [-0.2, -0.15) is 18.3 Å². The number of carbonyl (C=O) groups excluding carboxylic acids is 1. The van der Waals surface area contributed by atoms with Crippen molar-refractivity contribution < 1.29 is 18.0 Å². The standard InChI is InChI=1S/C8H7F3N2O/c9-8(10,11)7-5-2-1-4(14)3-6(5)12-13-7/h1-3H2,(H,12,13). The van der Waals surface area contributed by atoms with Crippen LogP contribution in [-0.4, -0.2) is 16.0 Å². The fourth-order valence-corrected chi connectivity index (χ4v) is 1.60. The monoisotopic (exact) mass is 204 g/mol. The van der Waals surface area contributed by atoms with Crippen molar-refractivity contribution in [2.75, 3.05) is 0 Å². The van der Waals surface area contributed by atoms with E-state index in [1.807, 2.05) is 0 Å². The van der Waals surface area contributed by atoms with Gasteiger partial charge < -0.3 is 0 Å². The molecule has 0 aliphatic heterocycles. The first-order chi connectivity index (χ1) is 6.48. The van der Waals surface area contributed by atoms with Crippen LogP contribution in [0.15, 0.2) is 0 Å². The Morgan fingerprint density at radius 3 is 2.64 bits per heavy atom. The molecule has 0 amide bonds. The van der Waals surface area contributed by atoms with Crippen LogP contribution >= 0.6 is 0 Å². The molecule has 2 rings (SSSR count). The molecule has 1 aromatic heterocycles. The zero-order valence-electron chi connectivity index (χ0n) is 7.11. The smallest absolute Gasteiger partial charge is 0.299 e. The van der Waals surface area contributed by atoms with Crippen LogP contribution in [0.5, 0.6) is 0 Å². The van der Waals surface area contributed by atoms with Gasteiger partial charge in [-0.05, 0) is 6.42 Å². The number of Topliss-reactive ketones (excluding diaryl/α,β-unsaturated/α-hetero) is 1. The fourth-order valence-electron chi connectivity index (χ4n) is 1.60. The number of hydrogen-bond acceptors (Lipinski definition) is 2. The summed E-state index contributed by atoms with van der Waals surface area (Å²) in [5, 5.41) is 5.47. The van der Waals surface area contributed by atoms with Crippen molar-refractivity contribution in [1.29, 1.82) is 0 Å². The van der Waals surface area contributed by atoms with Crippen LogP contribution in [0, 0.1) is 0 Å². The van der Waals surface area contributed by atoms with Gasteiger partial charge in [0.25, 0.3) is 0 Å². The van der Waals surface area contributed by atoms with Crippen molar-refractivity contribution in [3.05, 3.63) is 17.0 Å². The van der Waals surface area contributed by atoms with E-state index in [-0.39, 0.29) is 30.6 Å². The summed E-state index contributed by atoms with van der Waals surface area (Å²) in [4.78, 5) is 11.0. The second kappa shape index (κ2) is 2.83. The largest absolute Gasteiger partial charge is 0.435 e. The SMILES string of the molecule is O=C1CCc2c(C(F)(F)F)n[nH]c2C1. The van der Waals surface area contributed by atoms with Crippen LogP contribution in [0.4, 0.5) is 13.2 Å². The highest BCUT2D eigenvalue weighted by Crippen LogP contribution is 2.33. The molecule has 0 aromatic carbocycles. The molecular weight excluding hydrogens is 197 g/mol. The number of carbonyl (C=O) groups is 1. The van der Waals surface area contributed by atoms with Crippen LogP contribution in [0.3, 0.4) is 0 Å². The number of fused-ring (bicyclic) bond motifs is 1. The molecule has 1 aliphatic rings. The molecule has 0 radical (unpaired) electrons. The van der Waals surface area contributed by atoms with E-state index in [1.165, 1.54) is 0 Å². The highest BCUT2D eigenvalue weighted by atomic mass is 19.4. The zero-order valence-corrected chi connectivity index (χ0v) is 7.11. The molecule has 1 aliphatic carbocycles. The molecule has 0 saturated carbocycles. The van der Waals surface area contributed by atoms with Crippen LogP contribution in [-0.2, 0) is 23.8 Å². The average molecular weight is 204 g/mol. The van der Waals surface area contributed by atoms with Gasteiger partial charge in [0.1, 0.15) is 5.78 Å². The molecule has 1 N–H and O–H groups in total. The minimum atomic E-state index is -4.43. The predicted octanol–water partition coefficient (Wildman–Crippen LogP) is 1.49. The van der Waals surface area contributed by atoms with Crippen molar-refractivity contribution >= 4 is 5.78 Å². The van der Waals surface area contributed by atoms with E-state index in [9.17, 15) is 18.0 Å². The minimum Gasteiger partial charge on any atom is -0.299 e.